The van der Waals surface area contributed by atoms with Crippen molar-refractivity contribution in [3.63, 3.8) is 0 Å². The molecule has 31 heavy (non-hydrogen) atoms. The Labute approximate surface area is 179 Å². The second-order valence-corrected chi connectivity index (χ2v) is 6.88. The Bertz CT molecular complexity index is 1210. The Balaban J connectivity index is 1.91. The van der Waals surface area contributed by atoms with Crippen molar-refractivity contribution in [3.05, 3.63) is 88.1 Å². The van der Waals surface area contributed by atoms with E-state index in [0.29, 0.717) is 23.7 Å². The molecule has 0 saturated heterocycles. The molecule has 0 bridgehead atoms. The predicted octanol–water partition coefficient (Wildman–Crippen LogP) is 3.88. The molecule has 0 aliphatic rings. The van der Waals surface area contributed by atoms with Gasteiger partial charge in [-0.3, -0.25) is 20.5 Å². The maximum atomic E-state index is 13.5. The van der Waals surface area contributed by atoms with Crippen LogP contribution in [0.4, 0.5) is 17.6 Å². The zero-order valence-corrected chi connectivity index (χ0v) is 16.8. The highest BCUT2D eigenvalue weighted by Crippen LogP contribution is 2.32. The fraction of sp³-hybridized carbons (Fsp3) is 0.0952. The number of hydrogen-bond donors (Lipinski definition) is 3. The first kappa shape index (κ1) is 22.4. The first-order valence-electron chi connectivity index (χ1n) is 8.92. The van der Waals surface area contributed by atoms with Crippen LogP contribution in [0.15, 0.2) is 60.6 Å². The van der Waals surface area contributed by atoms with E-state index in [1.807, 2.05) is 0 Å². The Morgan fingerprint density at radius 1 is 1.19 bits per heavy atom. The summed E-state index contributed by atoms with van der Waals surface area (Å²) in [6, 6.07) is 8.43. The van der Waals surface area contributed by atoms with Crippen molar-refractivity contribution in [3.8, 4) is 0 Å². The van der Waals surface area contributed by atoms with Crippen LogP contribution in [0, 0.1) is 11.2 Å². The molecular weight excluding hydrogens is 436 g/mol. The number of nitrogens with one attached hydrogen (secondary N) is 2. The number of aromatic nitrogens is 1. The minimum Gasteiger partial charge on any atom is -0.301 e. The first-order chi connectivity index (χ1) is 14.6. The summed E-state index contributed by atoms with van der Waals surface area (Å²) in [6.07, 6.45) is -2.20. The van der Waals surface area contributed by atoms with Crippen molar-refractivity contribution in [1.82, 2.24) is 10.3 Å². The quantitative estimate of drug-likeness (QED) is 0.406. The molecule has 0 radical (unpaired) electrons. The molecule has 3 aromatic rings. The van der Waals surface area contributed by atoms with Crippen molar-refractivity contribution >= 4 is 34.1 Å². The van der Waals surface area contributed by atoms with Gasteiger partial charge in [-0.1, -0.05) is 17.7 Å². The third-order valence-corrected chi connectivity index (χ3v) is 4.70. The molecular formula is C21H16ClF4N4O+. The maximum Gasteiger partial charge on any atom is 0.417 e. The van der Waals surface area contributed by atoms with Crippen molar-refractivity contribution in [1.29, 1.82) is 5.41 Å². The predicted molar refractivity (Wildman–Crippen MR) is 108 cm³/mol. The third kappa shape index (κ3) is 5.07. The average molecular weight is 452 g/mol. The summed E-state index contributed by atoms with van der Waals surface area (Å²) in [6.45, 7) is 0. The molecule has 5 nitrogen and oxygen atoms in total. The van der Waals surface area contributed by atoms with Crippen LogP contribution in [0.5, 0.6) is 0 Å². The highest BCUT2D eigenvalue weighted by Gasteiger charge is 2.34. The molecule has 0 atom stereocenters. The van der Waals surface area contributed by atoms with E-state index in [1.54, 1.807) is 24.4 Å². The number of alkyl halides is 3. The number of allylic oxidation sites excluding steroid dienone is 1. The lowest BCUT2D eigenvalue weighted by atomic mass is 10.0. The van der Waals surface area contributed by atoms with E-state index >= 15 is 0 Å². The summed E-state index contributed by atoms with van der Waals surface area (Å²) in [5.74, 6) is -1.50. The number of nitrogens with two attached hydrogens (primary N) is 1. The SMILES string of the molecule is C[NH2+]/C(=C\C(=N)c1cc(F)ccc1C(F)(F)F)NC(=O)c1cc2ncccc2cc1Cl. The van der Waals surface area contributed by atoms with Gasteiger partial charge in [0.05, 0.1) is 34.4 Å². The number of rotatable bonds is 5. The molecule has 1 amide bonds. The smallest absolute Gasteiger partial charge is 0.301 e. The Morgan fingerprint density at radius 3 is 2.61 bits per heavy atom. The lowest BCUT2D eigenvalue weighted by Gasteiger charge is -2.13. The monoisotopic (exact) mass is 451 g/mol. The number of pyridine rings is 1. The molecule has 0 spiro atoms. The van der Waals surface area contributed by atoms with Gasteiger partial charge in [-0.25, -0.2) is 4.39 Å². The highest BCUT2D eigenvalue weighted by atomic mass is 35.5. The summed E-state index contributed by atoms with van der Waals surface area (Å²) in [4.78, 5) is 16.8. The molecule has 0 aliphatic heterocycles. The molecule has 160 valence electrons. The van der Waals surface area contributed by atoms with E-state index in [1.165, 1.54) is 18.4 Å². The van der Waals surface area contributed by atoms with Crippen LogP contribution in [0.25, 0.3) is 10.9 Å². The van der Waals surface area contributed by atoms with Crippen molar-refractivity contribution in [2.45, 2.75) is 6.18 Å². The molecule has 1 heterocycles. The Morgan fingerprint density at radius 2 is 1.94 bits per heavy atom. The van der Waals surface area contributed by atoms with Gasteiger partial charge in [-0.15, -0.1) is 0 Å². The zero-order valence-electron chi connectivity index (χ0n) is 16.0. The van der Waals surface area contributed by atoms with Crippen molar-refractivity contribution < 1.29 is 27.7 Å². The Kier molecular flexibility index (Phi) is 6.37. The number of nitrogens with zero attached hydrogens (tertiary/aromatic N) is 1. The van der Waals surface area contributed by atoms with Gasteiger partial charge in [0.2, 0.25) is 5.82 Å². The second-order valence-electron chi connectivity index (χ2n) is 6.47. The second kappa shape index (κ2) is 8.83. The van der Waals surface area contributed by atoms with Crippen LogP contribution in [0.3, 0.4) is 0 Å². The van der Waals surface area contributed by atoms with E-state index < -0.39 is 34.7 Å². The van der Waals surface area contributed by atoms with Crippen molar-refractivity contribution in [2.24, 2.45) is 0 Å². The standard InChI is InChI=1S/C21H15ClF4N4O/c1-28-19(10-17(27)13-8-12(23)4-5-15(13)21(24,25)26)30-20(31)14-9-18-11(7-16(14)22)3-2-6-29-18/h2-10,27-28H,1H3,(H,30,31)/p+1/b19-10+,27-17?. The molecule has 3 rings (SSSR count). The Hall–Kier alpha value is -3.30. The van der Waals surface area contributed by atoms with Gasteiger partial charge >= 0.3 is 6.18 Å². The van der Waals surface area contributed by atoms with E-state index in [2.05, 4.69) is 10.3 Å². The van der Waals surface area contributed by atoms with E-state index in [9.17, 15) is 22.4 Å². The number of hydrogen-bond acceptors (Lipinski definition) is 3. The number of fused-ring (bicyclic) bond motifs is 1. The van der Waals surface area contributed by atoms with Gasteiger partial charge in [-0.2, -0.15) is 13.2 Å². The van der Waals surface area contributed by atoms with Gasteiger partial charge in [-0.05, 0) is 36.4 Å². The zero-order chi connectivity index (χ0) is 22.8. The summed E-state index contributed by atoms with van der Waals surface area (Å²) in [7, 11) is 1.53. The average Bonchev–Trinajstić information content (AvgIpc) is 2.71. The molecule has 0 saturated carbocycles. The molecule has 10 heteroatoms. The molecule has 4 N–H and O–H groups in total. The molecule has 1 aromatic heterocycles. The molecule has 0 unspecified atom stereocenters. The van der Waals surface area contributed by atoms with Crippen LogP contribution >= 0.6 is 11.6 Å². The first-order valence-corrected chi connectivity index (χ1v) is 9.30. The van der Waals surface area contributed by atoms with Crippen LogP contribution in [-0.4, -0.2) is 23.7 Å². The van der Waals surface area contributed by atoms with Crippen LogP contribution in [-0.2, 0) is 6.18 Å². The molecule has 0 fully saturated rings. The number of amides is 1. The lowest BCUT2D eigenvalue weighted by molar-refractivity contribution is -0.580. The van der Waals surface area contributed by atoms with Crippen LogP contribution in [0.1, 0.15) is 21.5 Å². The highest BCUT2D eigenvalue weighted by molar-refractivity contribution is 6.34. The summed E-state index contributed by atoms with van der Waals surface area (Å²) in [5, 5.41) is 12.8. The van der Waals surface area contributed by atoms with Gasteiger partial charge in [0.1, 0.15) is 5.82 Å². The minimum atomic E-state index is -4.77. The minimum absolute atomic E-state index is 0.0459. The fourth-order valence-corrected chi connectivity index (χ4v) is 3.13. The van der Waals surface area contributed by atoms with Gasteiger partial charge < -0.3 is 5.32 Å². The number of benzene rings is 2. The van der Waals surface area contributed by atoms with Crippen LogP contribution < -0.4 is 10.6 Å². The number of carbonyl (C=O) groups excluding carboxylic acids is 1. The number of halogens is 5. The summed E-state index contributed by atoms with van der Waals surface area (Å²) < 4.78 is 53.2. The van der Waals surface area contributed by atoms with E-state index in [4.69, 9.17) is 17.0 Å². The normalized spacial score (nSPS) is 12.1. The van der Waals surface area contributed by atoms with Crippen LogP contribution in [0.2, 0.25) is 5.02 Å². The van der Waals surface area contributed by atoms with Gasteiger partial charge in [0.15, 0.2) is 0 Å². The molecule has 2 aromatic carbocycles. The van der Waals surface area contributed by atoms with Gasteiger partial charge in [0, 0.05) is 23.2 Å². The third-order valence-electron chi connectivity index (χ3n) is 4.38. The largest absolute Gasteiger partial charge is 0.417 e. The number of quaternary nitrogens is 1. The summed E-state index contributed by atoms with van der Waals surface area (Å²) in [5.41, 5.74) is -1.78. The number of carbonyl (C=O) groups is 1. The fourth-order valence-electron chi connectivity index (χ4n) is 2.88. The lowest BCUT2D eigenvalue weighted by Crippen LogP contribution is -2.80. The maximum absolute atomic E-state index is 13.5. The summed E-state index contributed by atoms with van der Waals surface area (Å²) >= 11 is 6.19. The van der Waals surface area contributed by atoms with E-state index in [0.717, 1.165) is 11.5 Å². The topological polar surface area (TPSA) is 82.5 Å². The molecule has 0 aliphatic carbocycles. The van der Waals surface area contributed by atoms with Gasteiger partial charge in [0.25, 0.3) is 5.91 Å². The van der Waals surface area contributed by atoms with E-state index in [-0.39, 0.29) is 16.4 Å². The van der Waals surface area contributed by atoms with Crippen molar-refractivity contribution in [2.75, 3.05) is 7.05 Å².